The Labute approximate surface area is 117 Å². The molecule has 5 heteroatoms. The molecule has 0 bridgehead atoms. The number of nitrogens with one attached hydrogen (secondary N) is 1. The second-order valence-electron chi connectivity index (χ2n) is 5.17. The molecule has 1 rings (SSSR count). The molecule has 1 nitrogen and oxygen atoms in total. The Morgan fingerprint density at radius 1 is 1.10 bits per heavy atom. The molecule has 0 aliphatic carbocycles. The maximum Gasteiger partial charge on any atom is 0.326 e. The fourth-order valence-electron chi connectivity index (χ4n) is 2.49. The van der Waals surface area contributed by atoms with Gasteiger partial charge in [0.1, 0.15) is 6.04 Å². The third-order valence-electron chi connectivity index (χ3n) is 3.30. The van der Waals surface area contributed by atoms with Gasteiger partial charge in [-0.3, -0.25) is 0 Å². The Morgan fingerprint density at radius 3 is 2.00 bits per heavy atom. The highest BCUT2D eigenvalue weighted by Gasteiger charge is 2.49. The minimum atomic E-state index is -4.10. The van der Waals surface area contributed by atoms with Gasteiger partial charge in [-0.15, -0.1) is 0 Å². The zero-order valence-electron chi connectivity index (χ0n) is 12.2. The Bertz CT molecular complexity index is 434. The SMILES string of the molecule is CCCNC(c1c(C)cc(C)cc1C)C(F)(F)C(F)F. The van der Waals surface area contributed by atoms with Crippen molar-refractivity contribution in [3.8, 4) is 0 Å². The van der Waals surface area contributed by atoms with E-state index in [9.17, 15) is 17.6 Å². The van der Waals surface area contributed by atoms with Crippen LogP contribution in [0, 0.1) is 20.8 Å². The molecular formula is C15H21F4N. The number of benzene rings is 1. The van der Waals surface area contributed by atoms with E-state index in [1.807, 2.05) is 6.92 Å². The molecule has 0 saturated heterocycles. The number of hydrogen-bond acceptors (Lipinski definition) is 1. The summed E-state index contributed by atoms with van der Waals surface area (Å²) in [5, 5.41) is 2.58. The Kier molecular flexibility index (Phi) is 5.57. The summed E-state index contributed by atoms with van der Waals surface area (Å²) < 4.78 is 53.2. The number of alkyl halides is 4. The van der Waals surface area contributed by atoms with Gasteiger partial charge in [-0.25, -0.2) is 8.78 Å². The number of rotatable bonds is 6. The van der Waals surface area contributed by atoms with Gasteiger partial charge in [-0.1, -0.05) is 24.6 Å². The topological polar surface area (TPSA) is 12.0 Å². The summed E-state index contributed by atoms with van der Waals surface area (Å²) in [4.78, 5) is 0. The monoisotopic (exact) mass is 291 g/mol. The van der Waals surface area contributed by atoms with Gasteiger partial charge >= 0.3 is 12.3 Å². The van der Waals surface area contributed by atoms with E-state index < -0.39 is 18.4 Å². The van der Waals surface area contributed by atoms with Crippen molar-refractivity contribution in [1.82, 2.24) is 5.32 Å². The van der Waals surface area contributed by atoms with Gasteiger partial charge in [0.05, 0.1) is 0 Å². The van der Waals surface area contributed by atoms with Gasteiger partial charge in [0.15, 0.2) is 0 Å². The molecule has 114 valence electrons. The quantitative estimate of drug-likeness (QED) is 0.758. The highest BCUT2D eigenvalue weighted by molar-refractivity contribution is 5.40. The zero-order valence-corrected chi connectivity index (χ0v) is 12.2. The maximum absolute atomic E-state index is 13.9. The Balaban J connectivity index is 3.31. The second-order valence-corrected chi connectivity index (χ2v) is 5.17. The number of hydrogen-bond donors (Lipinski definition) is 1. The minimum Gasteiger partial charge on any atom is -0.305 e. The number of aryl methyl sites for hydroxylation is 3. The van der Waals surface area contributed by atoms with E-state index in [2.05, 4.69) is 5.32 Å². The van der Waals surface area contributed by atoms with Crippen molar-refractivity contribution in [1.29, 1.82) is 0 Å². The first-order valence-corrected chi connectivity index (χ1v) is 6.68. The molecule has 0 aromatic heterocycles. The van der Waals surface area contributed by atoms with E-state index >= 15 is 0 Å². The fraction of sp³-hybridized carbons (Fsp3) is 0.600. The van der Waals surface area contributed by atoms with Crippen molar-refractivity contribution < 1.29 is 17.6 Å². The smallest absolute Gasteiger partial charge is 0.305 e. The molecule has 0 radical (unpaired) electrons. The van der Waals surface area contributed by atoms with Crippen LogP contribution in [0.2, 0.25) is 0 Å². The first kappa shape index (κ1) is 17.0. The summed E-state index contributed by atoms with van der Waals surface area (Å²) in [5.41, 5.74) is 2.42. The molecule has 0 aliphatic heterocycles. The van der Waals surface area contributed by atoms with Crippen molar-refractivity contribution in [2.45, 2.75) is 52.5 Å². The highest BCUT2D eigenvalue weighted by Crippen LogP contribution is 2.39. The highest BCUT2D eigenvalue weighted by atomic mass is 19.3. The third-order valence-corrected chi connectivity index (χ3v) is 3.30. The Hall–Kier alpha value is -1.10. The molecule has 20 heavy (non-hydrogen) atoms. The average molecular weight is 291 g/mol. The molecule has 1 atom stereocenters. The lowest BCUT2D eigenvalue weighted by atomic mass is 9.90. The summed E-state index contributed by atoms with van der Waals surface area (Å²) in [6.45, 7) is 7.28. The molecular weight excluding hydrogens is 270 g/mol. The molecule has 0 spiro atoms. The Morgan fingerprint density at radius 2 is 1.60 bits per heavy atom. The van der Waals surface area contributed by atoms with Crippen LogP contribution in [-0.2, 0) is 0 Å². The van der Waals surface area contributed by atoms with Gasteiger partial charge in [0.2, 0.25) is 0 Å². The van der Waals surface area contributed by atoms with E-state index in [1.54, 1.807) is 32.9 Å². The standard InChI is InChI=1S/C15H21F4N/c1-5-6-20-13(15(18,19)14(16)17)12-10(3)7-9(2)8-11(12)4/h7-8,13-14,20H,5-6H2,1-4H3. The van der Waals surface area contributed by atoms with Crippen LogP contribution in [0.4, 0.5) is 17.6 Å². The van der Waals surface area contributed by atoms with E-state index in [1.165, 1.54) is 0 Å². The van der Waals surface area contributed by atoms with Crippen molar-refractivity contribution in [2.24, 2.45) is 0 Å². The van der Waals surface area contributed by atoms with Gasteiger partial charge in [0.25, 0.3) is 0 Å². The molecule has 0 aliphatic rings. The lowest BCUT2D eigenvalue weighted by Crippen LogP contribution is -2.43. The van der Waals surface area contributed by atoms with Crippen molar-refractivity contribution in [3.63, 3.8) is 0 Å². The largest absolute Gasteiger partial charge is 0.326 e. The minimum absolute atomic E-state index is 0.264. The van der Waals surface area contributed by atoms with Crippen LogP contribution in [0.1, 0.15) is 41.6 Å². The van der Waals surface area contributed by atoms with E-state index in [-0.39, 0.29) is 12.1 Å². The summed E-state index contributed by atoms with van der Waals surface area (Å²) >= 11 is 0. The normalized spacial score (nSPS) is 13.8. The van der Waals surface area contributed by atoms with Crippen LogP contribution in [0.15, 0.2) is 12.1 Å². The van der Waals surface area contributed by atoms with Gasteiger partial charge < -0.3 is 5.32 Å². The van der Waals surface area contributed by atoms with Crippen LogP contribution in [0.25, 0.3) is 0 Å². The van der Waals surface area contributed by atoms with Crippen molar-refractivity contribution >= 4 is 0 Å². The lowest BCUT2D eigenvalue weighted by molar-refractivity contribution is -0.151. The van der Waals surface area contributed by atoms with Crippen LogP contribution < -0.4 is 5.32 Å². The van der Waals surface area contributed by atoms with E-state index in [0.717, 1.165) is 5.56 Å². The molecule has 1 aromatic carbocycles. The summed E-state index contributed by atoms with van der Waals surface area (Å²) in [5.74, 6) is -4.10. The molecule has 1 unspecified atom stereocenters. The summed E-state index contributed by atoms with van der Waals surface area (Å²) in [6, 6.07) is 1.82. The first-order chi connectivity index (χ1) is 9.21. The van der Waals surface area contributed by atoms with Gasteiger partial charge in [-0.2, -0.15) is 8.78 Å². The average Bonchev–Trinajstić information content (AvgIpc) is 2.31. The lowest BCUT2D eigenvalue weighted by Gasteiger charge is -2.30. The summed E-state index contributed by atoms with van der Waals surface area (Å²) in [7, 11) is 0. The summed E-state index contributed by atoms with van der Waals surface area (Å²) in [6.07, 6.45) is -3.10. The predicted molar refractivity (Wildman–Crippen MR) is 72.6 cm³/mol. The van der Waals surface area contributed by atoms with Gasteiger partial charge in [-0.05, 0) is 50.4 Å². The van der Waals surface area contributed by atoms with E-state index in [0.29, 0.717) is 17.5 Å². The van der Waals surface area contributed by atoms with Gasteiger partial charge in [0, 0.05) is 0 Å². The van der Waals surface area contributed by atoms with Crippen molar-refractivity contribution in [3.05, 3.63) is 34.4 Å². The second kappa shape index (κ2) is 6.57. The fourth-order valence-corrected chi connectivity index (χ4v) is 2.49. The molecule has 0 heterocycles. The maximum atomic E-state index is 13.9. The van der Waals surface area contributed by atoms with Crippen LogP contribution in [0.3, 0.4) is 0 Å². The van der Waals surface area contributed by atoms with E-state index in [4.69, 9.17) is 0 Å². The molecule has 1 aromatic rings. The molecule has 0 amide bonds. The first-order valence-electron chi connectivity index (χ1n) is 6.68. The molecule has 1 N–H and O–H groups in total. The number of halogens is 4. The molecule has 0 fully saturated rings. The van der Waals surface area contributed by atoms with Crippen LogP contribution >= 0.6 is 0 Å². The zero-order chi connectivity index (χ0) is 15.5. The third kappa shape index (κ3) is 3.51. The molecule has 0 saturated carbocycles. The van der Waals surface area contributed by atoms with Crippen LogP contribution in [-0.4, -0.2) is 18.9 Å². The van der Waals surface area contributed by atoms with Crippen LogP contribution in [0.5, 0.6) is 0 Å². The predicted octanol–water partition coefficient (Wildman–Crippen LogP) is 4.55. The van der Waals surface area contributed by atoms with Crippen molar-refractivity contribution in [2.75, 3.05) is 6.54 Å².